The maximum Gasteiger partial charge on any atom is 0.234 e. The lowest BCUT2D eigenvalue weighted by Gasteiger charge is -2.23. The van der Waals surface area contributed by atoms with Gasteiger partial charge in [0.2, 0.25) is 23.1 Å². The Kier molecular flexibility index (Phi) is 5.28. The predicted molar refractivity (Wildman–Crippen MR) is 180 cm³/mol. The molecule has 0 fully saturated rings. The first kappa shape index (κ1) is 27.4. The van der Waals surface area contributed by atoms with Crippen molar-refractivity contribution in [2.45, 2.75) is 38.5 Å². The fraction of sp³-hybridized carbons (Fsp3) is 0.158. The molecule has 3 aromatic carbocycles. The number of rotatable bonds is 2. The lowest BCUT2D eigenvalue weighted by atomic mass is 9.81. The van der Waals surface area contributed by atoms with Gasteiger partial charge in [-0.3, -0.25) is 19.2 Å². The summed E-state index contributed by atoms with van der Waals surface area (Å²) in [4.78, 5) is 63.1. The summed E-state index contributed by atoms with van der Waals surface area (Å²) >= 11 is 3.09. The first-order valence-corrected chi connectivity index (χ1v) is 16.6. The number of hydrogen-bond acceptors (Lipinski definition) is 8. The van der Waals surface area contributed by atoms with Crippen LogP contribution in [0.3, 0.4) is 0 Å². The first-order valence-electron chi connectivity index (χ1n) is 15.0. The van der Waals surface area contributed by atoms with E-state index >= 15 is 0 Å². The minimum Gasteiger partial charge on any atom is -0.285 e. The topological polar surface area (TPSA) is 94.1 Å². The highest BCUT2D eigenvalue weighted by Crippen LogP contribution is 2.58. The summed E-state index contributed by atoms with van der Waals surface area (Å²) in [5.74, 6) is -1.92. The quantitative estimate of drug-likeness (QED) is 0.145. The Morgan fingerprint density at radius 2 is 0.891 bits per heavy atom. The van der Waals surface area contributed by atoms with Gasteiger partial charge in [-0.1, -0.05) is 76.2 Å². The summed E-state index contributed by atoms with van der Waals surface area (Å²) in [5, 5.41) is 1.41. The second kappa shape index (κ2) is 8.87. The second-order valence-corrected chi connectivity index (χ2v) is 15.2. The third-order valence-corrected chi connectivity index (χ3v) is 11.9. The molecule has 0 saturated heterocycles. The summed E-state index contributed by atoms with van der Waals surface area (Å²) in [6.07, 6.45) is 3.53. The molecule has 0 amide bonds. The maximum absolute atomic E-state index is 12.9. The van der Waals surface area contributed by atoms with Crippen molar-refractivity contribution in [3.63, 3.8) is 0 Å². The molecule has 4 aliphatic rings. The SMILES string of the molecule is CC1(C)c2cc3c(cc2-c2sc(/C=C4\C(=O)C(=O)c5ccccc54)nc21)C(C)(C)c1nc(/C=C2\C(=O)C(=O)c4ccccc42)sc1-3. The zero-order valence-electron chi connectivity index (χ0n) is 25.3. The van der Waals surface area contributed by atoms with Crippen LogP contribution in [-0.4, -0.2) is 33.1 Å². The molecule has 0 aliphatic heterocycles. The summed E-state index contributed by atoms with van der Waals surface area (Å²) < 4.78 is 0. The van der Waals surface area contributed by atoms with E-state index in [2.05, 4.69) is 39.8 Å². The molecule has 0 unspecified atom stereocenters. The van der Waals surface area contributed by atoms with Crippen molar-refractivity contribution in [3.05, 3.63) is 115 Å². The zero-order chi connectivity index (χ0) is 31.9. The number of nitrogens with zero attached hydrogens (tertiary/aromatic N) is 2. The molecule has 0 bridgehead atoms. The summed E-state index contributed by atoms with van der Waals surface area (Å²) in [5.41, 5.74) is 8.78. The van der Waals surface area contributed by atoms with Crippen LogP contribution >= 0.6 is 22.7 Å². The van der Waals surface area contributed by atoms with E-state index in [0.717, 1.165) is 32.3 Å². The summed E-state index contributed by atoms with van der Waals surface area (Å²) in [6.45, 7) is 8.68. The van der Waals surface area contributed by atoms with E-state index in [1.807, 2.05) is 24.3 Å². The average Bonchev–Trinajstić information content (AvgIpc) is 3.84. The van der Waals surface area contributed by atoms with E-state index in [-0.39, 0.29) is 10.8 Å². The van der Waals surface area contributed by atoms with Crippen LogP contribution in [0.15, 0.2) is 60.7 Å². The average molecular weight is 637 g/mol. The number of fused-ring (bicyclic) bond motifs is 8. The van der Waals surface area contributed by atoms with Crippen molar-refractivity contribution in [1.29, 1.82) is 0 Å². The molecule has 46 heavy (non-hydrogen) atoms. The van der Waals surface area contributed by atoms with Crippen LogP contribution in [0.4, 0.5) is 0 Å². The molecule has 0 spiro atoms. The van der Waals surface area contributed by atoms with Crippen molar-refractivity contribution in [2.24, 2.45) is 0 Å². The Hall–Kier alpha value is -4.92. The van der Waals surface area contributed by atoms with E-state index < -0.39 is 23.1 Å². The van der Waals surface area contributed by atoms with E-state index in [9.17, 15) is 19.2 Å². The largest absolute Gasteiger partial charge is 0.285 e. The fourth-order valence-corrected chi connectivity index (χ4v) is 9.77. The number of hydrogen-bond donors (Lipinski definition) is 0. The third kappa shape index (κ3) is 3.40. The number of carbonyl (C=O) groups is 4. The van der Waals surface area contributed by atoms with Crippen molar-refractivity contribution in [1.82, 2.24) is 9.97 Å². The van der Waals surface area contributed by atoms with E-state index in [4.69, 9.17) is 9.97 Å². The van der Waals surface area contributed by atoms with Crippen LogP contribution in [0.1, 0.15) is 92.1 Å². The molecule has 0 radical (unpaired) electrons. The van der Waals surface area contributed by atoms with Gasteiger partial charge in [-0.2, -0.15) is 0 Å². The van der Waals surface area contributed by atoms with Gasteiger partial charge in [0.25, 0.3) is 0 Å². The normalized spacial score (nSPS) is 19.5. The minimum absolute atomic E-state index is 0.386. The number of benzene rings is 3. The Balaban J connectivity index is 1.14. The lowest BCUT2D eigenvalue weighted by Crippen LogP contribution is -2.18. The molecule has 5 aromatic rings. The summed E-state index contributed by atoms with van der Waals surface area (Å²) in [6, 6.07) is 18.8. The molecule has 6 nitrogen and oxygen atoms in total. The number of carbonyl (C=O) groups excluding carboxylic acids is 4. The van der Waals surface area contributed by atoms with Crippen LogP contribution in [0, 0.1) is 0 Å². The van der Waals surface area contributed by atoms with Crippen LogP contribution < -0.4 is 0 Å². The number of allylic oxidation sites excluding steroid dienone is 2. The third-order valence-electron chi connectivity index (χ3n) is 9.83. The van der Waals surface area contributed by atoms with E-state index in [1.54, 1.807) is 59.1 Å². The highest BCUT2D eigenvalue weighted by Gasteiger charge is 2.45. The standard InChI is InChI=1S/C38H24N2O4S2/c1-37(2)25-13-24-26(14-23(25)33-35(37)39-27(45-33)15-21-17-9-5-7-11-19(17)29(41)31(21)43)38(3,4)36-34(24)46-28(40-36)16-22-18-10-6-8-12-20(18)30(42)32(22)44/h5-16H,1-4H3/b21-15-,22-16-. The van der Waals surface area contributed by atoms with Gasteiger partial charge in [0.05, 0.1) is 21.1 Å². The van der Waals surface area contributed by atoms with Crippen LogP contribution in [0.5, 0.6) is 0 Å². The molecule has 0 saturated carbocycles. The first-order chi connectivity index (χ1) is 22.0. The van der Waals surface area contributed by atoms with Gasteiger partial charge in [0.1, 0.15) is 10.0 Å². The van der Waals surface area contributed by atoms with Gasteiger partial charge in [0, 0.05) is 33.1 Å². The molecule has 0 N–H and O–H groups in total. The molecule has 2 heterocycles. The molecule has 4 aliphatic carbocycles. The maximum atomic E-state index is 12.9. The van der Waals surface area contributed by atoms with Crippen LogP contribution in [0.25, 0.3) is 44.2 Å². The number of aromatic nitrogens is 2. The van der Waals surface area contributed by atoms with Crippen molar-refractivity contribution in [3.8, 4) is 20.9 Å². The molecule has 9 rings (SSSR count). The van der Waals surface area contributed by atoms with Gasteiger partial charge in [-0.05, 0) is 57.7 Å². The molecule has 2 aromatic heterocycles. The van der Waals surface area contributed by atoms with Gasteiger partial charge >= 0.3 is 0 Å². The monoisotopic (exact) mass is 636 g/mol. The predicted octanol–water partition coefficient (Wildman–Crippen LogP) is 7.82. The fourth-order valence-electron chi connectivity index (χ4n) is 7.37. The van der Waals surface area contributed by atoms with Crippen molar-refractivity contribution < 1.29 is 19.2 Å². The Labute approximate surface area is 272 Å². The van der Waals surface area contributed by atoms with Crippen molar-refractivity contribution >= 4 is 69.1 Å². The number of ketones is 4. The molecule has 0 atom stereocenters. The Bertz CT molecular complexity index is 2230. The highest BCUT2D eigenvalue weighted by molar-refractivity contribution is 7.17. The van der Waals surface area contributed by atoms with Gasteiger partial charge in [-0.15, -0.1) is 22.7 Å². The zero-order valence-corrected chi connectivity index (χ0v) is 26.9. The highest BCUT2D eigenvalue weighted by atomic mass is 32.1. The smallest absolute Gasteiger partial charge is 0.234 e. The number of thiazole rings is 2. The van der Waals surface area contributed by atoms with E-state index in [1.165, 1.54) is 11.1 Å². The number of Topliss-reactive ketones (excluding diaryl/α,β-unsaturated/α-hetero) is 4. The van der Waals surface area contributed by atoms with E-state index in [0.29, 0.717) is 43.4 Å². The van der Waals surface area contributed by atoms with Crippen LogP contribution in [0.2, 0.25) is 0 Å². The second-order valence-electron chi connectivity index (χ2n) is 13.2. The minimum atomic E-state index is -0.488. The van der Waals surface area contributed by atoms with Gasteiger partial charge in [0.15, 0.2) is 0 Å². The lowest BCUT2D eigenvalue weighted by molar-refractivity contribution is -0.110. The van der Waals surface area contributed by atoms with Gasteiger partial charge < -0.3 is 0 Å². The molecule has 222 valence electrons. The summed E-state index contributed by atoms with van der Waals surface area (Å²) in [7, 11) is 0. The van der Waals surface area contributed by atoms with Gasteiger partial charge in [-0.25, -0.2) is 9.97 Å². The molecular formula is C38H24N2O4S2. The van der Waals surface area contributed by atoms with Crippen LogP contribution in [-0.2, 0) is 20.4 Å². The van der Waals surface area contributed by atoms with Crippen molar-refractivity contribution in [2.75, 3.05) is 0 Å². The Morgan fingerprint density at radius 1 is 0.522 bits per heavy atom. The Morgan fingerprint density at radius 3 is 1.28 bits per heavy atom. The molecular weight excluding hydrogens is 613 g/mol. The molecule has 8 heteroatoms.